The Hall–Kier alpha value is -1.71. The van der Waals surface area contributed by atoms with Crippen molar-refractivity contribution in [3.05, 3.63) is 18.2 Å². The second-order valence-electron chi connectivity index (χ2n) is 5.61. The summed E-state index contributed by atoms with van der Waals surface area (Å²) >= 11 is 0. The maximum Gasteiger partial charge on any atom is 0.224 e. The van der Waals surface area contributed by atoms with Crippen LogP contribution in [0.2, 0.25) is 0 Å². The number of amides is 1. The van der Waals surface area contributed by atoms with Crippen LogP contribution in [0.5, 0.6) is 11.5 Å². The molecule has 0 aromatic heterocycles. The maximum atomic E-state index is 12.0. The highest BCUT2D eigenvalue weighted by Gasteiger charge is 2.19. The molecular formula is C16H21NO3. The summed E-state index contributed by atoms with van der Waals surface area (Å²) in [5.41, 5.74) is 0.789. The topological polar surface area (TPSA) is 47.6 Å². The second kappa shape index (κ2) is 6.16. The molecule has 2 aliphatic rings. The molecule has 1 saturated carbocycles. The van der Waals surface area contributed by atoms with E-state index < -0.39 is 0 Å². The zero-order valence-corrected chi connectivity index (χ0v) is 11.7. The van der Waals surface area contributed by atoms with Crippen LogP contribution in [-0.2, 0) is 4.79 Å². The molecule has 1 aromatic carbocycles. The third-order valence-electron chi connectivity index (χ3n) is 3.98. The predicted octanol–water partition coefficient (Wildman–Crippen LogP) is 3.37. The van der Waals surface area contributed by atoms with Crippen molar-refractivity contribution in [1.82, 2.24) is 0 Å². The molecule has 0 unspecified atom stereocenters. The third kappa shape index (κ3) is 3.24. The molecule has 3 rings (SSSR count). The van der Waals surface area contributed by atoms with Crippen LogP contribution >= 0.6 is 0 Å². The van der Waals surface area contributed by atoms with Gasteiger partial charge >= 0.3 is 0 Å². The Morgan fingerprint density at radius 2 is 1.85 bits per heavy atom. The van der Waals surface area contributed by atoms with E-state index in [0.29, 0.717) is 25.6 Å². The molecule has 1 N–H and O–H groups in total. The van der Waals surface area contributed by atoms with Crippen molar-refractivity contribution in [1.29, 1.82) is 0 Å². The molecule has 1 fully saturated rings. The van der Waals surface area contributed by atoms with Gasteiger partial charge in [0.05, 0.1) is 13.2 Å². The monoisotopic (exact) mass is 275 g/mol. The van der Waals surface area contributed by atoms with E-state index in [2.05, 4.69) is 5.32 Å². The van der Waals surface area contributed by atoms with Crippen molar-refractivity contribution in [2.24, 2.45) is 5.92 Å². The predicted molar refractivity (Wildman–Crippen MR) is 77.3 cm³/mol. The largest absolute Gasteiger partial charge is 0.490 e. The molecule has 4 nitrogen and oxygen atoms in total. The van der Waals surface area contributed by atoms with Gasteiger partial charge in [-0.15, -0.1) is 0 Å². The maximum absolute atomic E-state index is 12.0. The fraction of sp³-hybridized carbons (Fsp3) is 0.562. The molecule has 1 aliphatic carbocycles. The van der Waals surface area contributed by atoms with Gasteiger partial charge in [-0.25, -0.2) is 0 Å². The van der Waals surface area contributed by atoms with Crippen LogP contribution in [0.15, 0.2) is 18.2 Å². The summed E-state index contributed by atoms with van der Waals surface area (Å²) in [6, 6.07) is 5.60. The molecule has 0 atom stereocenters. The number of carbonyl (C=O) groups excluding carboxylic acids is 1. The van der Waals surface area contributed by atoms with E-state index in [1.807, 2.05) is 18.2 Å². The number of ether oxygens (including phenoxy) is 2. The van der Waals surface area contributed by atoms with Crippen molar-refractivity contribution in [3.63, 3.8) is 0 Å². The summed E-state index contributed by atoms with van der Waals surface area (Å²) in [6.45, 7) is 1.34. The molecule has 1 amide bonds. The number of carbonyl (C=O) groups is 1. The van der Waals surface area contributed by atoms with E-state index >= 15 is 0 Å². The zero-order chi connectivity index (χ0) is 13.8. The van der Waals surface area contributed by atoms with Crippen molar-refractivity contribution >= 4 is 11.6 Å². The Labute approximate surface area is 119 Å². The Morgan fingerprint density at radius 3 is 2.65 bits per heavy atom. The number of hydrogen-bond acceptors (Lipinski definition) is 3. The molecule has 1 aromatic rings. The Morgan fingerprint density at radius 1 is 1.10 bits per heavy atom. The van der Waals surface area contributed by atoms with Crippen LogP contribution in [0.1, 0.15) is 38.5 Å². The minimum atomic E-state index is 0.103. The van der Waals surface area contributed by atoms with Gasteiger partial charge in [-0.1, -0.05) is 12.8 Å². The standard InChI is InChI=1S/C16H21NO3/c18-16(10-12-4-1-2-5-12)17-13-6-7-14-15(11-13)20-9-3-8-19-14/h6-7,11-12H,1-5,8-10H2,(H,17,18). The summed E-state index contributed by atoms with van der Waals surface area (Å²) in [4.78, 5) is 12.0. The van der Waals surface area contributed by atoms with Gasteiger partial charge in [0.2, 0.25) is 5.91 Å². The minimum Gasteiger partial charge on any atom is -0.490 e. The molecule has 1 heterocycles. The Kier molecular flexibility index (Phi) is 4.09. The molecule has 20 heavy (non-hydrogen) atoms. The fourth-order valence-corrected chi connectivity index (χ4v) is 2.93. The lowest BCUT2D eigenvalue weighted by Gasteiger charge is -2.12. The van der Waals surface area contributed by atoms with Gasteiger partial charge in [0.25, 0.3) is 0 Å². The zero-order valence-electron chi connectivity index (χ0n) is 11.7. The molecule has 1 aliphatic heterocycles. The Bertz CT molecular complexity index is 481. The van der Waals surface area contributed by atoms with E-state index in [1.54, 1.807) is 0 Å². The van der Waals surface area contributed by atoms with Gasteiger partial charge in [-0.05, 0) is 30.9 Å². The van der Waals surface area contributed by atoms with Gasteiger partial charge in [-0.3, -0.25) is 4.79 Å². The second-order valence-corrected chi connectivity index (χ2v) is 5.61. The minimum absolute atomic E-state index is 0.103. The smallest absolute Gasteiger partial charge is 0.224 e. The first-order valence-corrected chi connectivity index (χ1v) is 7.51. The van der Waals surface area contributed by atoms with Crippen LogP contribution in [0.25, 0.3) is 0 Å². The van der Waals surface area contributed by atoms with Gasteiger partial charge in [0.15, 0.2) is 11.5 Å². The quantitative estimate of drug-likeness (QED) is 0.920. The summed E-state index contributed by atoms with van der Waals surface area (Å²) in [5.74, 6) is 2.15. The van der Waals surface area contributed by atoms with Gasteiger partial charge in [-0.2, -0.15) is 0 Å². The molecule has 0 saturated heterocycles. The van der Waals surface area contributed by atoms with Crippen molar-refractivity contribution < 1.29 is 14.3 Å². The van der Waals surface area contributed by atoms with Crippen molar-refractivity contribution in [3.8, 4) is 11.5 Å². The normalized spacial score (nSPS) is 18.6. The van der Waals surface area contributed by atoms with E-state index in [0.717, 1.165) is 23.6 Å². The molecule has 108 valence electrons. The lowest BCUT2D eigenvalue weighted by atomic mass is 10.0. The molecule has 0 spiro atoms. The summed E-state index contributed by atoms with van der Waals surface area (Å²) in [7, 11) is 0. The van der Waals surface area contributed by atoms with Crippen LogP contribution in [0.4, 0.5) is 5.69 Å². The number of anilines is 1. The van der Waals surface area contributed by atoms with Crippen LogP contribution in [-0.4, -0.2) is 19.1 Å². The SMILES string of the molecule is O=C(CC1CCCC1)Nc1ccc2c(c1)OCCCO2. The number of hydrogen-bond donors (Lipinski definition) is 1. The molecule has 0 radical (unpaired) electrons. The summed E-state index contributed by atoms with van der Waals surface area (Å²) < 4.78 is 11.2. The van der Waals surface area contributed by atoms with Crippen LogP contribution < -0.4 is 14.8 Å². The summed E-state index contributed by atoms with van der Waals surface area (Å²) in [5, 5.41) is 2.96. The van der Waals surface area contributed by atoms with Crippen LogP contribution in [0, 0.1) is 5.92 Å². The number of nitrogens with one attached hydrogen (secondary N) is 1. The first-order chi connectivity index (χ1) is 9.81. The number of fused-ring (bicyclic) bond motifs is 1. The lowest BCUT2D eigenvalue weighted by molar-refractivity contribution is -0.117. The van der Waals surface area contributed by atoms with E-state index in [-0.39, 0.29) is 5.91 Å². The van der Waals surface area contributed by atoms with Gasteiger partial charge < -0.3 is 14.8 Å². The average molecular weight is 275 g/mol. The summed E-state index contributed by atoms with van der Waals surface area (Å²) in [6.07, 6.45) is 6.43. The highest BCUT2D eigenvalue weighted by atomic mass is 16.5. The number of benzene rings is 1. The van der Waals surface area contributed by atoms with E-state index in [1.165, 1.54) is 25.7 Å². The highest BCUT2D eigenvalue weighted by Crippen LogP contribution is 2.33. The van der Waals surface area contributed by atoms with Gasteiger partial charge in [0, 0.05) is 24.6 Å². The molecular weight excluding hydrogens is 254 g/mol. The average Bonchev–Trinajstić information content (AvgIpc) is 2.82. The van der Waals surface area contributed by atoms with E-state index in [4.69, 9.17) is 9.47 Å². The third-order valence-corrected chi connectivity index (χ3v) is 3.98. The first-order valence-electron chi connectivity index (χ1n) is 7.51. The highest BCUT2D eigenvalue weighted by molar-refractivity contribution is 5.91. The van der Waals surface area contributed by atoms with Crippen molar-refractivity contribution in [2.75, 3.05) is 18.5 Å². The van der Waals surface area contributed by atoms with Crippen molar-refractivity contribution in [2.45, 2.75) is 38.5 Å². The van der Waals surface area contributed by atoms with Gasteiger partial charge in [0.1, 0.15) is 0 Å². The molecule has 4 heteroatoms. The molecule has 0 bridgehead atoms. The number of rotatable bonds is 3. The van der Waals surface area contributed by atoms with E-state index in [9.17, 15) is 4.79 Å². The first kappa shape index (κ1) is 13.3. The Balaban J connectivity index is 1.62. The lowest BCUT2D eigenvalue weighted by Crippen LogP contribution is -2.15. The van der Waals surface area contributed by atoms with Crippen LogP contribution in [0.3, 0.4) is 0 Å². The fourth-order valence-electron chi connectivity index (χ4n) is 2.93.